The zero-order valence-electron chi connectivity index (χ0n) is 10.1. The number of aliphatic carboxylic acids is 1. The third-order valence-electron chi connectivity index (χ3n) is 2.71. The van der Waals surface area contributed by atoms with Crippen LogP contribution in [-0.2, 0) is 16.0 Å². The smallest absolute Gasteiger partial charge is 0.325 e. The fourth-order valence-electron chi connectivity index (χ4n) is 1.72. The number of benzene rings is 1. The number of carboxylic acid groups (broad SMARTS) is 1. The van der Waals surface area contributed by atoms with Gasteiger partial charge in [-0.2, -0.15) is 0 Å². The molecule has 1 amide bonds. The number of furan rings is 1. The van der Waals surface area contributed by atoms with E-state index < -0.39 is 23.7 Å². The number of hydrogen-bond donors (Lipinski definition) is 2. The van der Waals surface area contributed by atoms with Crippen LogP contribution in [0.2, 0.25) is 0 Å². The van der Waals surface area contributed by atoms with Gasteiger partial charge in [0.2, 0.25) is 5.91 Å². The van der Waals surface area contributed by atoms with Gasteiger partial charge in [-0.3, -0.25) is 9.59 Å². The molecule has 2 rings (SSSR count). The van der Waals surface area contributed by atoms with E-state index in [2.05, 4.69) is 5.32 Å². The van der Waals surface area contributed by atoms with Crippen LogP contribution in [-0.4, -0.2) is 23.0 Å². The third-order valence-corrected chi connectivity index (χ3v) is 2.71. The van der Waals surface area contributed by atoms with Crippen molar-refractivity contribution in [2.75, 3.05) is 0 Å². The summed E-state index contributed by atoms with van der Waals surface area (Å²) in [4.78, 5) is 22.3. The van der Waals surface area contributed by atoms with Crippen LogP contribution in [0.5, 0.6) is 0 Å². The van der Waals surface area contributed by atoms with Gasteiger partial charge in [0.15, 0.2) is 0 Å². The molecule has 0 bridgehead atoms. The van der Waals surface area contributed by atoms with Crippen LogP contribution in [0.15, 0.2) is 28.9 Å². The molecule has 0 aliphatic carbocycles. The molecular formula is C13H12FNO4. The maximum Gasteiger partial charge on any atom is 0.325 e. The highest BCUT2D eigenvalue weighted by Gasteiger charge is 2.16. The molecule has 19 heavy (non-hydrogen) atoms. The van der Waals surface area contributed by atoms with E-state index in [9.17, 15) is 14.0 Å². The first-order valence-electron chi connectivity index (χ1n) is 5.65. The van der Waals surface area contributed by atoms with Crippen LogP contribution in [0.3, 0.4) is 0 Å². The molecule has 0 aliphatic rings. The molecule has 1 aromatic heterocycles. The Bertz CT molecular complexity index is 635. The second-order valence-electron chi connectivity index (χ2n) is 4.21. The number of amides is 1. The van der Waals surface area contributed by atoms with Gasteiger partial charge in [-0.1, -0.05) is 0 Å². The molecule has 0 spiro atoms. The van der Waals surface area contributed by atoms with Crippen molar-refractivity contribution in [2.24, 2.45) is 0 Å². The number of hydrogen-bond acceptors (Lipinski definition) is 3. The Labute approximate surface area is 108 Å². The normalized spacial score (nSPS) is 12.3. The number of nitrogens with one attached hydrogen (secondary N) is 1. The summed E-state index contributed by atoms with van der Waals surface area (Å²) in [6, 6.07) is 3.05. The number of carbonyl (C=O) groups is 2. The Morgan fingerprint density at radius 3 is 2.89 bits per heavy atom. The average Bonchev–Trinajstić information content (AvgIpc) is 2.71. The van der Waals surface area contributed by atoms with Crippen molar-refractivity contribution < 1.29 is 23.5 Å². The molecule has 0 radical (unpaired) electrons. The van der Waals surface area contributed by atoms with Crippen LogP contribution in [0.1, 0.15) is 12.5 Å². The van der Waals surface area contributed by atoms with E-state index >= 15 is 0 Å². The van der Waals surface area contributed by atoms with E-state index in [-0.39, 0.29) is 6.42 Å². The molecule has 1 aromatic carbocycles. The van der Waals surface area contributed by atoms with Crippen LogP contribution >= 0.6 is 0 Å². The summed E-state index contributed by atoms with van der Waals surface area (Å²) >= 11 is 0. The van der Waals surface area contributed by atoms with Crippen LogP contribution in [0, 0.1) is 5.82 Å². The predicted octanol–water partition coefficient (Wildman–Crippen LogP) is 1.70. The molecule has 5 nitrogen and oxygen atoms in total. The van der Waals surface area contributed by atoms with E-state index in [1.165, 1.54) is 31.4 Å². The molecule has 2 aromatic rings. The summed E-state index contributed by atoms with van der Waals surface area (Å²) in [6.45, 7) is 1.37. The van der Waals surface area contributed by atoms with Gasteiger partial charge >= 0.3 is 5.97 Å². The third kappa shape index (κ3) is 2.90. The second kappa shape index (κ2) is 5.09. The van der Waals surface area contributed by atoms with Crippen molar-refractivity contribution in [1.29, 1.82) is 0 Å². The second-order valence-corrected chi connectivity index (χ2v) is 4.21. The molecule has 1 heterocycles. The summed E-state index contributed by atoms with van der Waals surface area (Å²) in [5, 5.41) is 11.5. The minimum Gasteiger partial charge on any atom is -0.480 e. The topological polar surface area (TPSA) is 79.5 Å². The van der Waals surface area contributed by atoms with Gasteiger partial charge in [0.05, 0.1) is 12.7 Å². The van der Waals surface area contributed by atoms with Gasteiger partial charge in [0.25, 0.3) is 0 Å². The predicted molar refractivity (Wildman–Crippen MR) is 65.1 cm³/mol. The zero-order valence-corrected chi connectivity index (χ0v) is 10.1. The van der Waals surface area contributed by atoms with E-state index in [1.54, 1.807) is 0 Å². The number of rotatable bonds is 4. The SMILES string of the molecule is CC(NC(=O)Cc1coc2ccc(F)cc12)C(=O)O. The standard InChI is InChI=1S/C13H12FNO4/c1-7(13(17)18)15-12(16)4-8-6-19-11-3-2-9(14)5-10(8)11/h2-3,5-7H,4H2,1H3,(H,15,16)(H,17,18). The van der Waals surface area contributed by atoms with E-state index in [1.807, 2.05) is 0 Å². The number of carboxylic acids is 1. The average molecular weight is 265 g/mol. The highest BCUT2D eigenvalue weighted by molar-refractivity contribution is 5.89. The van der Waals surface area contributed by atoms with E-state index in [0.717, 1.165) is 0 Å². The number of halogens is 1. The molecule has 100 valence electrons. The minimum atomic E-state index is -1.11. The zero-order chi connectivity index (χ0) is 14.0. The van der Waals surface area contributed by atoms with Gasteiger partial charge < -0.3 is 14.8 Å². The molecule has 0 aliphatic heterocycles. The minimum absolute atomic E-state index is 0.0614. The van der Waals surface area contributed by atoms with Crippen LogP contribution in [0.25, 0.3) is 11.0 Å². The first kappa shape index (κ1) is 13.1. The van der Waals surface area contributed by atoms with Crippen molar-refractivity contribution in [3.05, 3.63) is 35.8 Å². The molecule has 0 saturated heterocycles. The monoisotopic (exact) mass is 265 g/mol. The number of fused-ring (bicyclic) bond motifs is 1. The van der Waals surface area contributed by atoms with Gasteiger partial charge in [-0.25, -0.2) is 4.39 Å². The molecule has 6 heteroatoms. The van der Waals surface area contributed by atoms with Gasteiger partial charge in [0, 0.05) is 10.9 Å². The van der Waals surface area contributed by atoms with Crippen molar-refractivity contribution in [3.63, 3.8) is 0 Å². The highest BCUT2D eigenvalue weighted by atomic mass is 19.1. The van der Waals surface area contributed by atoms with Crippen molar-refractivity contribution in [2.45, 2.75) is 19.4 Å². The fraction of sp³-hybridized carbons (Fsp3) is 0.231. The fourth-order valence-corrected chi connectivity index (χ4v) is 1.72. The maximum atomic E-state index is 13.1. The molecule has 1 unspecified atom stereocenters. The van der Waals surface area contributed by atoms with Crippen molar-refractivity contribution in [1.82, 2.24) is 5.32 Å². The largest absolute Gasteiger partial charge is 0.480 e. The summed E-state index contributed by atoms with van der Waals surface area (Å²) in [6.07, 6.45) is 1.31. The Morgan fingerprint density at radius 2 is 2.21 bits per heavy atom. The Kier molecular flexibility index (Phi) is 3.50. The van der Waals surface area contributed by atoms with Crippen molar-refractivity contribution in [3.8, 4) is 0 Å². The molecule has 0 saturated carbocycles. The molecule has 0 fully saturated rings. The van der Waals surface area contributed by atoms with Gasteiger partial charge in [-0.05, 0) is 25.1 Å². The molecular weight excluding hydrogens is 253 g/mol. The van der Waals surface area contributed by atoms with Crippen molar-refractivity contribution >= 4 is 22.8 Å². The van der Waals surface area contributed by atoms with Crippen LogP contribution in [0.4, 0.5) is 4.39 Å². The maximum absolute atomic E-state index is 13.1. The van der Waals surface area contributed by atoms with Gasteiger partial charge in [0.1, 0.15) is 17.4 Å². The lowest BCUT2D eigenvalue weighted by Gasteiger charge is -2.08. The Balaban J connectivity index is 2.15. The number of carbonyl (C=O) groups excluding carboxylic acids is 1. The lowest BCUT2D eigenvalue weighted by molar-refractivity contribution is -0.141. The summed E-state index contributed by atoms with van der Waals surface area (Å²) in [7, 11) is 0. The van der Waals surface area contributed by atoms with Crippen LogP contribution < -0.4 is 5.32 Å². The van der Waals surface area contributed by atoms with Gasteiger partial charge in [-0.15, -0.1) is 0 Å². The first-order valence-corrected chi connectivity index (χ1v) is 5.65. The summed E-state index contributed by atoms with van der Waals surface area (Å²) < 4.78 is 18.3. The lowest BCUT2D eigenvalue weighted by atomic mass is 10.1. The first-order chi connectivity index (χ1) is 8.97. The summed E-state index contributed by atoms with van der Waals surface area (Å²) in [5.41, 5.74) is 1.00. The molecule has 1 atom stereocenters. The quantitative estimate of drug-likeness (QED) is 0.881. The van der Waals surface area contributed by atoms with E-state index in [4.69, 9.17) is 9.52 Å². The Morgan fingerprint density at radius 1 is 1.47 bits per heavy atom. The molecule has 2 N–H and O–H groups in total. The Hall–Kier alpha value is -2.37. The highest BCUT2D eigenvalue weighted by Crippen LogP contribution is 2.22. The van der Waals surface area contributed by atoms with E-state index in [0.29, 0.717) is 16.5 Å². The summed E-state index contributed by atoms with van der Waals surface area (Å²) in [5.74, 6) is -1.99. The lowest BCUT2D eigenvalue weighted by Crippen LogP contribution is -2.39.